The molecule has 0 aliphatic heterocycles. The molecule has 4 rings (SSSR count). The van der Waals surface area contributed by atoms with Crippen molar-refractivity contribution in [1.29, 1.82) is 0 Å². The summed E-state index contributed by atoms with van der Waals surface area (Å²) in [7, 11) is 1.54. The zero-order valence-corrected chi connectivity index (χ0v) is 21.6. The molecule has 0 heterocycles. The zero-order chi connectivity index (χ0) is 27.8. The number of hydrogen-bond donors (Lipinski definition) is 4. The molecule has 8 nitrogen and oxygen atoms in total. The maximum absolute atomic E-state index is 13.4. The Balaban J connectivity index is 1.54. The highest BCUT2D eigenvalue weighted by Gasteiger charge is 2.24. The minimum atomic E-state index is -0.936. The number of aromatic hydroxyl groups is 1. The van der Waals surface area contributed by atoms with E-state index in [1.165, 1.54) is 12.1 Å². The van der Waals surface area contributed by atoms with Crippen molar-refractivity contribution in [3.05, 3.63) is 119 Å². The molecule has 0 saturated heterocycles. The van der Waals surface area contributed by atoms with E-state index in [2.05, 4.69) is 16.0 Å². The predicted octanol–water partition coefficient (Wildman–Crippen LogP) is 4.94. The van der Waals surface area contributed by atoms with E-state index in [1.807, 2.05) is 19.1 Å². The first-order valence-corrected chi connectivity index (χ1v) is 12.3. The van der Waals surface area contributed by atoms with Crippen LogP contribution in [-0.2, 0) is 11.2 Å². The van der Waals surface area contributed by atoms with E-state index in [0.717, 1.165) is 11.1 Å². The number of ether oxygens (including phenoxy) is 1. The van der Waals surface area contributed by atoms with Gasteiger partial charge in [-0.1, -0.05) is 42.0 Å². The number of nitrogens with one attached hydrogen (secondary N) is 3. The molecule has 1 atom stereocenters. The molecule has 4 aromatic carbocycles. The molecule has 8 heteroatoms. The topological polar surface area (TPSA) is 117 Å². The third kappa shape index (κ3) is 7.23. The second-order valence-electron chi connectivity index (χ2n) is 8.98. The van der Waals surface area contributed by atoms with E-state index >= 15 is 0 Å². The molecule has 0 bridgehead atoms. The summed E-state index contributed by atoms with van der Waals surface area (Å²) in [6, 6.07) is 26.0. The Kier molecular flexibility index (Phi) is 8.58. The number of phenols is 1. The van der Waals surface area contributed by atoms with Gasteiger partial charge in [-0.2, -0.15) is 0 Å². The normalized spacial score (nSPS) is 11.2. The summed E-state index contributed by atoms with van der Waals surface area (Å²) >= 11 is 0. The van der Waals surface area contributed by atoms with Gasteiger partial charge in [-0.15, -0.1) is 0 Å². The molecule has 4 N–H and O–H groups in total. The Hall–Kier alpha value is -5.11. The monoisotopic (exact) mass is 523 g/mol. The third-order valence-electron chi connectivity index (χ3n) is 6.09. The Morgan fingerprint density at radius 2 is 1.46 bits per heavy atom. The lowest BCUT2D eigenvalue weighted by atomic mass is 10.0. The van der Waals surface area contributed by atoms with Gasteiger partial charge in [-0.05, 0) is 73.2 Å². The summed E-state index contributed by atoms with van der Waals surface area (Å²) < 4.78 is 5.14. The van der Waals surface area contributed by atoms with Gasteiger partial charge in [0.05, 0.1) is 18.4 Å². The van der Waals surface area contributed by atoms with E-state index < -0.39 is 23.8 Å². The van der Waals surface area contributed by atoms with Crippen molar-refractivity contribution >= 4 is 29.1 Å². The van der Waals surface area contributed by atoms with Crippen LogP contribution >= 0.6 is 0 Å². The lowest BCUT2D eigenvalue weighted by Crippen LogP contribution is -2.45. The van der Waals surface area contributed by atoms with Gasteiger partial charge in [-0.3, -0.25) is 14.4 Å². The van der Waals surface area contributed by atoms with E-state index in [-0.39, 0.29) is 17.7 Å². The van der Waals surface area contributed by atoms with Crippen molar-refractivity contribution in [3.8, 4) is 11.5 Å². The summed E-state index contributed by atoms with van der Waals surface area (Å²) in [4.78, 5) is 39.6. The lowest BCUT2D eigenvalue weighted by Gasteiger charge is -2.20. The summed E-state index contributed by atoms with van der Waals surface area (Å²) in [5.41, 5.74) is 3.31. The Morgan fingerprint density at radius 3 is 2.13 bits per heavy atom. The fraction of sp³-hybridized carbons (Fsp3) is 0.129. The lowest BCUT2D eigenvalue weighted by molar-refractivity contribution is -0.118. The molecule has 0 spiro atoms. The highest BCUT2D eigenvalue weighted by molar-refractivity contribution is 6.10. The van der Waals surface area contributed by atoms with Crippen molar-refractivity contribution in [2.24, 2.45) is 0 Å². The Morgan fingerprint density at radius 1 is 0.795 bits per heavy atom. The third-order valence-corrected chi connectivity index (χ3v) is 6.09. The Labute approximate surface area is 226 Å². The maximum Gasteiger partial charge on any atom is 0.255 e. The van der Waals surface area contributed by atoms with E-state index in [4.69, 9.17) is 4.74 Å². The van der Waals surface area contributed by atoms with Gasteiger partial charge in [0, 0.05) is 17.7 Å². The highest BCUT2D eigenvalue weighted by Crippen LogP contribution is 2.19. The second kappa shape index (κ2) is 12.4. The van der Waals surface area contributed by atoms with Crippen LogP contribution < -0.4 is 20.7 Å². The number of carbonyl (C=O) groups is 3. The smallest absolute Gasteiger partial charge is 0.255 e. The number of carbonyl (C=O) groups excluding carboxylic acids is 3. The van der Waals surface area contributed by atoms with Crippen LogP contribution in [0.1, 0.15) is 31.8 Å². The van der Waals surface area contributed by atoms with Gasteiger partial charge >= 0.3 is 0 Å². The predicted molar refractivity (Wildman–Crippen MR) is 150 cm³/mol. The van der Waals surface area contributed by atoms with Gasteiger partial charge in [0.1, 0.15) is 17.5 Å². The number of amides is 3. The number of anilines is 2. The van der Waals surface area contributed by atoms with Crippen LogP contribution in [0.25, 0.3) is 0 Å². The van der Waals surface area contributed by atoms with E-state index in [1.54, 1.807) is 79.9 Å². The molecule has 3 amide bonds. The number of phenolic OH excluding ortho intramolecular Hbond substituents is 1. The van der Waals surface area contributed by atoms with Crippen LogP contribution in [0.15, 0.2) is 97.1 Å². The minimum absolute atomic E-state index is 0.102. The number of para-hydroxylation sites is 1. The van der Waals surface area contributed by atoms with Gasteiger partial charge in [0.15, 0.2) is 0 Å². The van der Waals surface area contributed by atoms with E-state index in [9.17, 15) is 19.5 Å². The molecule has 39 heavy (non-hydrogen) atoms. The average molecular weight is 524 g/mol. The molecule has 0 aliphatic carbocycles. The summed E-state index contributed by atoms with van der Waals surface area (Å²) in [5, 5.41) is 18.1. The van der Waals surface area contributed by atoms with Gasteiger partial charge in [0.2, 0.25) is 5.91 Å². The largest absolute Gasteiger partial charge is 0.508 e. The molecular formula is C31H29N3O5. The van der Waals surface area contributed by atoms with Gasteiger partial charge in [-0.25, -0.2) is 0 Å². The summed E-state index contributed by atoms with van der Waals surface area (Å²) in [6.45, 7) is 1.95. The molecule has 0 aliphatic rings. The van der Waals surface area contributed by atoms with Crippen molar-refractivity contribution in [2.45, 2.75) is 19.4 Å². The zero-order valence-electron chi connectivity index (χ0n) is 21.6. The van der Waals surface area contributed by atoms with Crippen molar-refractivity contribution in [2.75, 3.05) is 17.7 Å². The molecule has 0 saturated carbocycles. The molecule has 0 radical (unpaired) electrons. The SMILES string of the molecule is COc1ccc(C(=O)Nc2ccccc2C(=O)N[C@H](Cc2ccc(O)cc2)C(=O)Nc2ccc(C)cc2)cc1. The van der Waals surface area contributed by atoms with Crippen LogP contribution in [0, 0.1) is 6.92 Å². The number of aryl methyl sites for hydroxylation is 1. The van der Waals surface area contributed by atoms with Crippen LogP contribution in [0.2, 0.25) is 0 Å². The number of rotatable bonds is 9. The van der Waals surface area contributed by atoms with Gasteiger partial charge < -0.3 is 25.8 Å². The number of benzene rings is 4. The Bertz CT molecular complexity index is 1450. The first-order valence-electron chi connectivity index (χ1n) is 12.3. The van der Waals surface area contributed by atoms with Crippen molar-refractivity contribution < 1.29 is 24.2 Å². The second-order valence-corrected chi connectivity index (χ2v) is 8.98. The van der Waals surface area contributed by atoms with Crippen LogP contribution in [-0.4, -0.2) is 36.0 Å². The first kappa shape index (κ1) is 26.9. The maximum atomic E-state index is 13.4. The highest BCUT2D eigenvalue weighted by atomic mass is 16.5. The van der Waals surface area contributed by atoms with Gasteiger partial charge in [0.25, 0.3) is 11.8 Å². The van der Waals surface area contributed by atoms with Crippen LogP contribution in [0.3, 0.4) is 0 Å². The number of hydrogen-bond acceptors (Lipinski definition) is 5. The molecule has 0 fully saturated rings. The van der Waals surface area contributed by atoms with Crippen LogP contribution in [0.4, 0.5) is 11.4 Å². The van der Waals surface area contributed by atoms with Crippen molar-refractivity contribution in [3.63, 3.8) is 0 Å². The first-order chi connectivity index (χ1) is 18.8. The molecular weight excluding hydrogens is 494 g/mol. The van der Waals surface area contributed by atoms with Crippen molar-refractivity contribution in [1.82, 2.24) is 5.32 Å². The van der Waals surface area contributed by atoms with Crippen LogP contribution in [0.5, 0.6) is 11.5 Å². The fourth-order valence-corrected chi connectivity index (χ4v) is 3.91. The quantitative estimate of drug-likeness (QED) is 0.248. The minimum Gasteiger partial charge on any atom is -0.508 e. The number of methoxy groups -OCH3 is 1. The standard InChI is InChI=1S/C31H29N3O5/c1-20-7-13-23(14-8-20)32-31(38)28(19-21-9-15-24(35)16-10-21)34-30(37)26-5-3-4-6-27(26)33-29(36)22-11-17-25(39-2)18-12-22/h3-18,28,35H,19H2,1-2H3,(H,32,38)(H,33,36)(H,34,37)/t28-/m1/s1. The molecule has 198 valence electrons. The average Bonchev–Trinajstić information content (AvgIpc) is 2.95. The molecule has 0 aromatic heterocycles. The summed E-state index contributed by atoms with van der Waals surface area (Å²) in [6.07, 6.45) is 0.185. The molecule has 4 aromatic rings. The summed E-state index contributed by atoms with van der Waals surface area (Å²) in [5.74, 6) is -0.598. The molecule has 0 unspecified atom stereocenters. The van der Waals surface area contributed by atoms with E-state index in [0.29, 0.717) is 22.7 Å². The fourth-order valence-electron chi connectivity index (χ4n) is 3.91.